The smallest absolute Gasteiger partial charge is 0.160 e. The normalized spacial score (nSPS) is 68.3. The van der Waals surface area contributed by atoms with Gasteiger partial charge in [-0.3, -0.25) is 0 Å². The third kappa shape index (κ3) is 0.987. The van der Waals surface area contributed by atoms with Crippen molar-refractivity contribution in [2.45, 2.75) is 45.3 Å². The Morgan fingerprint density at radius 3 is 2.78 bits per heavy atom. The molecule has 0 aromatic rings. The number of hydrogen-bond acceptors (Lipinski definition) is 2. The van der Waals surface area contributed by atoms with E-state index in [1.54, 1.807) is 0 Å². The lowest BCUT2D eigenvalue weighted by atomic mass is 9.58. The molecule has 1 spiro atoms. The van der Waals surface area contributed by atoms with Gasteiger partial charge in [-0.15, -0.1) is 0 Å². The highest BCUT2D eigenvalue weighted by Gasteiger charge is 2.70. The molecule has 9 atom stereocenters. The van der Waals surface area contributed by atoms with Crippen LogP contribution < -0.4 is 0 Å². The molecule has 0 aromatic heterocycles. The van der Waals surface area contributed by atoms with Gasteiger partial charge in [-0.05, 0) is 73.5 Å². The van der Waals surface area contributed by atoms with Gasteiger partial charge in [0.25, 0.3) is 0 Å². The van der Waals surface area contributed by atoms with Crippen LogP contribution in [0.1, 0.15) is 39.0 Å². The topological polar surface area (TPSA) is 29.5 Å². The zero-order chi connectivity index (χ0) is 12.1. The Kier molecular flexibility index (Phi) is 1.87. The van der Waals surface area contributed by atoms with Crippen molar-refractivity contribution in [3.63, 3.8) is 0 Å². The van der Waals surface area contributed by atoms with Crippen LogP contribution in [0.2, 0.25) is 0 Å². The molecule has 2 nitrogen and oxygen atoms in total. The van der Waals surface area contributed by atoms with Crippen LogP contribution in [0.5, 0.6) is 0 Å². The second-order valence-electron chi connectivity index (χ2n) is 8.04. The summed E-state index contributed by atoms with van der Waals surface area (Å²) in [5.74, 6) is 6.69. The van der Waals surface area contributed by atoms with Crippen LogP contribution in [0.15, 0.2) is 0 Å². The number of hydrogen-bond donors (Lipinski definition) is 1. The van der Waals surface area contributed by atoms with Gasteiger partial charge in [0.2, 0.25) is 0 Å². The number of fused-ring (bicyclic) bond motifs is 10. The summed E-state index contributed by atoms with van der Waals surface area (Å²) < 4.78 is 5.55. The molecular weight excluding hydrogens is 224 g/mol. The van der Waals surface area contributed by atoms with Crippen molar-refractivity contribution < 1.29 is 9.84 Å². The van der Waals surface area contributed by atoms with Gasteiger partial charge in [0, 0.05) is 5.41 Å². The van der Waals surface area contributed by atoms with E-state index in [0.29, 0.717) is 0 Å². The predicted octanol–water partition coefficient (Wildman–Crippen LogP) is 2.66. The largest absolute Gasteiger partial charge is 0.367 e. The van der Waals surface area contributed by atoms with Crippen molar-refractivity contribution in [1.29, 1.82) is 0 Å². The first-order chi connectivity index (χ1) is 8.71. The highest BCUT2D eigenvalue weighted by molar-refractivity contribution is 5.17. The summed E-state index contributed by atoms with van der Waals surface area (Å²) >= 11 is 0. The summed E-state index contributed by atoms with van der Waals surface area (Å²) in [7, 11) is 0. The molecule has 1 N–H and O–H groups in total. The van der Waals surface area contributed by atoms with E-state index in [9.17, 15) is 5.11 Å². The van der Waals surface area contributed by atoms with Crippen molar-refractivity contribution in [1.82, 2.24) is 0 Å². The fraction of sp³-hybridized carbons (Fsp3) is 1.00. The van der Waals surface area contributed by atoms with Crippen LogP contribution in [0.25, 0.3) is 0 Å². The third-order valence-electron chi connectivity index (χ3n) is 7.74. The maximum absolute atomic E-state index is 10.3. The van der Waals surface area contributed by atoms with Gasteiger partial charge in [0.1, 0.15) is 0 Å². The molecule has 4 bridgehead atoms. The Morgan fingerprint density at radius 1 is 1.11 bits per heavy atom. The van der Waals surface area contributed by atoms with Crippen LogP contribution in [-0.4, -0.2) is 18.0 Å². The number of aliphatic hydroxyl groups is 1. The Balaban J connectivity index is 1.55. The van der Waals surface area contributed by atoms with Gasteiger partial charge < -0.3 is 9.84 Å². The average molecular weight is 248 g/mol. The summed E-state index contributed by atoms with van der Waals surface area (Å²) in [4.78, 5) is 0. The molecule has 5 rings (SSSR count). The first-order valence-corrected chi connectivity index (χ1v) is 8.00. The highest BCUT2D eigenvalue weighted by atomic mass is 16.6. The van der Waals surface area contributed by atoms with Crippen LogP contribution in [0, 0.1) is 46.8 Å². The molecule has 5 fully saturated rings. The lowest BCUT2D eigenvalue weighted by Gasteiger charge is -2.46. The fourth-order valence-corrected chi connectivity index (χ4v) is 7.39. The van der Waals surface area contributed by atoms with E-state index in [4.69, 9.17) is 4.74 Å². The highest BCUT2D eigenvalue weighted by Crippen LogP contribution is 2.74. The minimum atomic E-state index is -0.442. The standard InChI is InChI=1S/C16H24O2/c1-8-4-9-5-11(8)14-12-6-10(13(9)14)7-16(12)2-3-18-15(16)17/h8-15,17H,2-7H2,1H3/t8?,9?,10?,11-,12?,13?,14?,15?,16?/m0/s1. The molecule has 4 aliphatic carbocycles. The monoisotopic (exact) mass is 248 g/mol. The molecule has 4 saturated carbocycles. The summed E-state index contributed by atoms with van der Waals surface area (Å²) in [5.41, 5.74) is 0.177. The quantitative estimate of drug-likeness (QED) is 0.668. The molecule has 1 aliphatic heterocycles. The van der Waals surface area contributed by atoms with Crippen molar-refractivity contribution >= 4 is 0 Å². The van der Waals surface area contributed by atoms with Crippen molar-refractivity contribution in [3.05, 3.63) is 0 Å². The number of aliphatic hydroxyl groups excluding tert-OH is 1. The molecule has 1 saturated heterocycles. The van der Waals surface area contributed by atoms with Crippen LogP contribution in [-0.2, 0) is 4.74 Å². The Morgan fingerprint density at radius 2 is 2.00 bits per heavy atom. The van der Waals surface area contributed by atoms with Gasteiger partial charge in [-0.2, -0.15) is 0 Å². The summed E-state index contributed by atoms with van der Waals surface area (Å²) in [6, 6.07) is 0. The van der Waals surface area contributed by atoms with E-state index < -0.39 is 6.29 Å². The van der Waals surface area contributed by atoms with Crippen molar-refractivity contribution in [2.75, 3.05) is 6.61 Å². The van der Waals surface area contributed by atoms with Gasteiger partial charge in [0.15, 0.2) is 6.29 Å². The van der Waals surface area contributed by atoms with Crippen LogP contribution in [0.3, 0.4) is 0 Å². The lowest BCUT2D eigenvalue weighted by molar-refractivity contribution is -0.150. The molecule has 8 unspecified atom stereocenters. The van der Waals surface area contributed by atoms with E-state index >= 15 is 0 Å². The maximum Gasteiger partial charge on any atom is 0.160 e. The minimum Gasteiger partial charge on any atom is -0.367 e. The molecule has 2 heteroatoms. The molecule has 5 aliphatic rings. The average Bonchev–Trinajstić information content (AvgIpc) is 3.05. The Labute approximate surface area is 109 Å². The van der Waals surface area contributed by atoms with Crippen LogP contribution in [0.4, 0.5) is 0 Å². The zero-order valence-corrected chi connectivity index (χ0v) is 11.2. The fourth-order valence-electron chi connectivity index (χ4n) is 7.39. The van der Waals surface area contributed by atoms with E-state index in [2.05, 4.69) is 6.92 Å². The molecule has 1 heterocycles. The summed E-state index contributed by atoms with van der Waals surface area (Å²) in [6.45, 7) is 3.27. The maximum atomic E-state index is 10.3. The Hall–Kier alpha value is -0.0800. The summed E-state index contributed by atoms with van der Waals surface area (Å²) in [6.07, 6.45) is 6.39. The molecule has 18 heavy (non-hydrogen) atoms. The predicted molar refractivity (Wildman–Crippen MR) is 67.6 cm³/mol. The van der Waals surface area contributed by atoms with Gasteiger partial charge in [-0.1, -0.05) is 6.92 Å². The first kappa shape index (κ1) is 10.7. The zero-order valence-electron chi connectivity index (χ0n) is 11.2. The first-order valence-electron chi connectivity index (χ1n) is 8.00. The van der Waals surface area contributed by atoms with E-state index in [-0.39, 0.29) is 5.41 Å². The SMILES string of the molecule is CC1CC2C[C@@H]1C1C2C2CC1C1(CCOC1O)C2. The van der Waals surface area contributed by atoms with Gasteiger partial charge in [-0.25, -0.2) is 0 Å². The lowest BCUT2D eigenvalue weighted by Crippen LogP contribution is -2.45. The molecule has 100 valence electrons. The summed E-state index contributed by atoms with van der Waals surface area (Å²) in [5, 5.41) is 10.3. The van der Waals surface area contributed by atoms with E-state index in [1.165, 1.54) is 25.7 Å². The second kappa shape index (κ2) is 3.15. The Bertz CT molecular complexity index is 395. The van der Waals surface area contributed by atoms with Crippen molar-refractivity contribution in [3.8, 4) is 0 Å². The molecule has 0 aromatic carbocycles. The molecule has 0 radical (unpaired) electrons. The van der Waals surface area contributed by atoms with E-state index in [1.807, 2.05) is 0 Å². The number of ether oxygens (including phenoxy) is 1. The minimum absolute atomic E-state index is 0.177. The molecule has 0 amide bonds. The van der Waals surface area contributed by atoms with Gasteiger partial charge >= 0.3 is 0 Å². The third-order valence-corrected chi connectivity index (χ3v) is 7.74. The number of rotatable bonds is 0. The van der Waals surface area contributed by atoms with Crippen LogP contribution >= 0.6 is 0 Å². The second-order valence-corrected chi connectivity index (χ2v) is 8.04. The van der Waals surface area contributed by atoms with Crippen molar-refractivity contribution in [2.24, 2.45) is 46.8 Å². The van der Waals surface area contributed by atoms with Gasteiger partial charge in [0.05, 0.1) is 6.61 Å². The molecular formula is C16H24O2. The van der Waals surface area contributed by atoms with E-state index in [0.717, 1.165) is 54.5 Å².